The van der Waals surface area contributed by atoms with E-state index >= 15 is 0 Å². The number of nitrogens with zero attached hydrogens (tertiary/aromatic N) is 1. The Kier molecular flexibility index (Phi) is 4.34. The van der Waals surface area contributed by atoms with Gasteiger partial charge in [0.2, 0.25) is 0 Å². The highest BCUT2D eigenvalue weighted by molar-refractivity contribution is 6.00. The van der Waals surface area contributed by atoms with Gasteiger partial charge in [-0.2, -0.15) is 0 Å². The largest absolute Gasteiger partial charge is 0.465 e. The molecule has 0 aliphatic carbocycles. The van der Waals surface area contributed by atoms with Crippen molar-refractivity contribution in [3.8, 4) is 0 Å². The molecule has 1 aromatic rings. The average Bonchev–Trinajstić information content (AvgIpc) is 2.25. The molecule has 4 heteroatoms. The summed E-state index contributed by atoms with van der Waals surface area (Å²) in [6, 6.07) is 9.26. The molecule has 1 aromatic carbocycles. The molecule has 80 valence electrons. The normalized spacial score (nSPS) is 11.1. The first-order valence-corrected chi connectivity index (χ1v) is 4.63. The first kappa shape index (κ1) is 11.2. The van der Waals surface area contributed by atoms with Gasteiger partial charge >= 0.3 is 5.97 Å². The van der Waals surface area contributed by atoms with Gasteiger partial charge in [-0.15, -0.1) is 0 Å². The second kappa shape index (κ2) is 5.80. The maximum absolute atomic E-state index is 10.5. The summed E-state index contributed by atoms with van der Waals surface area (Å²) in [6.07, 6.45) is 0.403. The highest BCUT2D eigenvalue weighted by atomic mass is 16.5. The molecule has 0 unspecified atom stereocenters. The number of rotatable bonds is 4. The number of hydrogen-bond acceptors (Lipinski definition) is 4. The fourth-order valence-corrected chi connectivity index (χ4v) is 1.17. The quantitative estimate of drug-likeness (QED) is 0.354. The third-order valence-corrected chi connectivity index (χ3v) is 1.87. The molecular formula is C11H13NO3. The van der Waals surface area contributed by atoms with Crippen LogP contribution < -0.4 is 0 Å². The van der Waals surface area contributed by atoms with E-state index in [4.69, 9.17) is 9.94 Å². The van der Waals surface area contributed by atoms with Crippen molar-refractivity contribution < 1.29 is 14.7 Å². The van der Waals surface area contributed by atoms with Crippen LogP contribution in [0, 0.1) is 0 Å². The third kappa shape index (κ3) is 3.81. The Hall–Kier alpha value is -1.84. The van der Waals surface area contributed by atoms with Gasteiger partial charge in [0.05, 0.1) is 12.3 Å². The first-order valence-electron chi connectivity index (χ1n) is 4.63. The lowest BCUT2D eigenvalue weighted by molar-refractivity contribution is -0.140. The van der Waals surface area contributed by atoms with E-state index in [0.29, 0.717) is 12.1 Å². The average molecular weight is 207 g/mol. The molecule has 0 spiro atoms. The van der Waals surface area contributed by atoms with Crippen LogP contribution in [0.25, 0.3) is 0 Å². The summed E-state index contributed by atoms with van der Waals surface area (Å²) in [7, 11) is 0. The lowest BCUT2D eigenvalue weighted by Gasteiger charge is -2.04. The predicted molar refractivity (Wildman–Crippen MR) is 56.0 cm³/mol. The predicted octanol–water partition coefficient (Wildman–Crippen LogP) is 1.82. The Morgan fingerprint density at radius 1 is 1.40 bits per heavy atom. The summed E-state index contributed by atoms with van der Waals surface area (Å²) in [4.78, 5) is 10.5. The summed E-state index contributed by atoms with van der Waals surface area (Å²) >= 11 is 0. The van der Waals surface area contributed by atoms with Crippen molar-refractivity contribution in [2.24, 2.45) is 5.16 Å². The zero-order chi connectivity index (χ0) is 11.1. The van der Waals surface area contributed by atoms with Crippen molar-refractivity contribution >= 4 is 11.7 Å². The van der Waals surface area contributed by atoms with Gasteiger partial charge in [-0.05, 0) is 5.56 Å². The lowest BCUT2D eigenvalue weighted by Crippen LogP contribution is -2.08. The molecule has 1 N–H and O–H groups in total. The van der Waals surface area contributed by atoms with E-state index in [-0.39, 0.29) is 12.6 Å². The highest BCUT2D eigenvalue weighted by Gasteiger charge is 2.04. The molecule has 0 saturated carbocycles. The highest BCUT2D eigenvalue weighted by Crippen LogP contribution is 2.04. The SMILES string of the molecule is CC(=O)OCC/C(=N/O)c1ccccc1. The second-order valence-corrected chi connectivity index (χ2v) is 3.00. The van der Waals surface area contributed by atoms with Crippen molar-refractivity contribution in [2.45, 2.75) is 13.3 Å². The fraction of sp³-hybridized carbons (Fsp3) is 0.273. The molecule has 0 aliphatic heterocycles. The molecule has 15 heavy (non-hydrogen) atoms. The summed E-state index contributed by atoms with van der Waals surface area (Å²) in [6.45, 7) is 1.57. The molecule has 4 nitrogen and oxygen atoms in total. The Balaban J connectivity index is 2.55. The van der Waals surface area contributed by atoms with Crippen LogP contribution in [0.15, 0.2) is 35.5 Å². The van der Waals surface area contributed by atoms with Gasteiger partial charge in [-0.3, -0.25) is 4.79 Å². The smallest absolute Gasteiger partial charge is 0.302 e. The van der Waals surface area contributed by atoms with Gasteiger partial charge in [0.1, 0.15) is 0 Å². The number of benzene rings is 1. The van der Waals surface area contributed by atoms with Crippen LogP contribution in [-0.2, 0) is 9.53 Å². The minimum absolute atomic E-state index is 0.226. The van der Waals surface area contributed by atoms with E-state index < -0.39 is 0 Å². The first-order chi connectivity index (χ1) is 7.24. The molecule has 0 aromatic heterocycles. The summed E-state index contributed by atoms with van der Waals surface area (Å²) in [5.74, 6) is -0.333. The minimum atomic E-state index is -0.333. The molecule has 0 fully saturated rings. The van der Waals surface area contributed by atoms with E-state index in [9.17, 15) is 4.79 Å². The van der Waals surface area contributed by atoms with Crippen LogP contribution in [0.2, 0.25) is 0 Å². The van der Waals surface area contributed by atoms with Gasteiger partial charge in [0.15, 0.2) is 0 Å². The fourth-order valence-electron chi connectivity index (χ4n) is 1.17. The minimum Gasteiger partial charge on any atom is -0.465 e. The van der Waals surface area contributed by atoms with E-state index in [1.807, 2.05) is 30.3 Å². The standard InChI is InChI=1S/C11H13NO3/c1-9(13)15-8-7-11(12-14)10-5-3-2-4-6-10/h2-6,14H,7-8H2,1H3/b12-11-. The van der Waals surface area contributed by atoms with Gasteiger partial charge in [-0.25, -0.2) is 0 Å². The lowest BCUT2D eigenvalue weighted by atomic mass is 10.1. The number of carbonyl (C=O) groups is 1. The number of ether oxygens (including phenoxy) is 1. The maximum atomic E-state index is 10.5. The molecule has 1 rings (SSSR count). The van der Waals surface area contributed by atoms with Crippen molar-refractivity contribution in [3.63, 3.8) is 0 Å². The van der Waals surface area contributed by atoms with Gasteiger partial charge in [-0.1, -0.05) is 35.5 Å². The Bertz CT molecular complexity index is 346. The third-order valence-electron chi connectivity index (χ3n) is 1.87. The van der Waals surface area contributed by atoms with Crippen molar-refractivity contribution in [3.05, 3.63) is 35.9 Å². The zero-order valence-corrected chi connectivity index (χ0v) is 8.51. The number of oxime groups is 1. The molecule has 0 bridgehead atoms. The summed E-state index contributed by atoms with van der Waals surface area (Å²) in [5, 5.41) is 12.0. The number of esters is 1. The van der Waals surface area contributed by atoms with Gasteiger partial charge in [0.25, 0.3) is 0 Å². The number of carbonyl (C=O) groups excluding carboxylic acids is 1. The van der Waals surface area contributed by atoms with Crippen LogP contribution in [0.1, 0.15) is 18.9 Å². The molecule has 0 saturated heterocycles. The van der Waals surface area contributed by atoms with Crippen LogP contribution in [-0.4, -0.2) is 23.5 Å². The summed E-state index contributed by atoms with van der Waals surface area (Å²) < 4.78 is 4.76. The zero-order valence-electron chi connectivity index (χ0n) is 8.51. The van der Waals surface area contributed by atoms with Crippen LogP contribution >= 0.6 is 0 Å². The van der Waals surface area contributed by atoms with E-state index in [1.165, 1.54) is 6.92 Å². The van der Waals surface area contributed by atoms with Crippen molar-refractivity contribution in [1.29, 1.82) is 0 Å². The number of hydrogen-bond donors (Lipinski definition) is 1. The molecular weight excluding hydrogens is 194 g/mol. The molecule has 0 amide bonds. The van der Waals surface area contributed by atoms with Gasteiger partial charge in [0, 0.05) is 13.3 Å². The molecule has 0 aliphatic rings. The van der Waals surface area contributed by atoms with E-state index in [0.717, 1.165) is 5.56 Å². The Morgan fingerprint density at radius 2 is 2.07 bits per heavy atom. The van der Waals surface area contributed by atoms with Crippen molar-refractivity contribution in [1.82, 2.24) is 0 Å². The maximum Gasteiger partial charge on any atom is 0.302 e. The monoisotopic (exact) mass is 207 g/mol. The van der Waals surface area contributed by atoms with Gasteiger partial charge < -0.3 is 9.94 Å². The van der Waals surface area contributed by atoms with Crippen LogP contribution in [0.3, 0.4) is 0 Å². The Labute approximate surface area is 88.2 Å². The van der Waals surface area contributed by atoms with Crippen LogP contribution in [0.5, 0.6) is 0 Å². The van der Waals surface area contributed by atoms with E-state index in [1.54, 1.807) is 0 Å². The van der Waals surface area contributed by atoms with Crippen LogP contribution in [0.4, 0.5) is 0 Å². The Morgan fingerprint density at radius 3 is 2.60 bits per heavy atom. The molecule has 0 atom stereocenters. The van der Waals surface area contributed by atoms with Crippen molar-refractivity contribution in [2.75, 3.05) is 6.61 Å². The molecule has 0 heterocycles. The van der Waals surface area contributed by atoms with E-state index in [2.05, 4.69) is 5.16 Å². The second-order valence-electron chi connectivity index (χ2n) is 3.00. The topological polar surface area (TPSA) is 58.9 Å². The summed E-state index contributed by atoms with van der Waals surface area (Å²) in [5.41, 5.74) is 1.34. The molecule has 0 radical (unpaired) electrons.